The van der Waals surface area contributed by atoms with Gasteiger partial charge in [-0.2, -0.15) is 0 Å². The van der Waals surface area contributed by atoms with Crippen LogP contribution in [0.5, 0.6) is 0 Å². The summed E-state index contributed by atoms with van der Waals surface area (Å²) >= 11 is 1.23. The van der Waals surface area contributed by atoms with Gasteiger partial charge in [0.2, 0.25) is 11.8 Å². The molecule has 4 heterocycles. The first-order valence-corrected chi connectivity index (χ1v) is 13.3. The van der Waals surface area contributed by atoms with Crippen molar-refractivity contribution in [2.24, 2.45) is 9.98 Å². The van der Waals surface area contributed by atoms with E-state index in [0.717, 1.165) is 5.56 Å². The van der Waals surface area contributed by atoms with Crippen molar-refractivity contribution in [3.8, 4) is 0 Å². The smallest absolute Gasteiger partial charge is 0.259 e. The number of amidine groups is 2. The van der Waals surface area contributed by atoms with Gasteiger partial charge in [-0.05, 0) is 49.2 Å². The lowest BCUT2D eigenvalue weighted by Crippen LogP contribution is -2.43. The summed E-state index contributed by atoms with van der Waals surface area (Å²) < 4.78 is 10.5. The average molecular weight is 534 g/mol. The maximum atomic E-state index is 13.5. The number of furan rings is 2. The molecule has 0 unspecified atom stereocenters. The van der Waals surface area contributed by atoms with Crippen molar-refractivity contribution in [2.75, 3.05) is 0 Å². The number of carbonyl (C=O) groups excluding carboxylic acids is 3. The van der Waals surface area contributed by atoms with E-state index in [4.69, 9.17) is 18.8 Å². The second-order valence-corrected chi connectivity index (χ2v) is 9.93. The van der Waals surface area contributed by atoms with E-state index >= 15 is 0 Å². The van der Waals surface area contributed by atoms with Crippen molar-refractivity contribution >= 4 is 46.2 Å². The molecule has 0 aliphatic carbocycles. The van der Waals surface area contributed by atoms with Gasteiger partial charge in [-0.15, -0.1) is 0 Å². The fourth-order valence-electron chi connectivity index (χ4n) is 4.17. The molecule has 0 fully saturated rings. The molecule has 0 spiro atoms. The molecule has 10 nitrogen and oxygen atoms in total. The van der Waals surface area contributed by atoms with Crippen LogP contribution in [0.1, 0.15) is 43.3 Å². The summed E-state index contributed by atoms with van der Waals surface area (Å²) in [5.74, 6) is 1.18. The molecule has 11 heteroatoms. The summed E-state index contributed by atoms with van der Waals surface area (Å²) in [4.78, 5) is 49.7. The molecule has 5 rings (SSSR count). The molecule has 2 atom stereocenters. The second kappa shape index (κ2) is 11.5. The Balaban J connectivity index is 1.28. The maximum Gasteiger partial charge on any atom is 0.259 e. The van der Waals surface area contributed by atoms with Crippen LogP contribution < -0.4 is 10.6 Å². The number of nitrogens with one attached hydrogen (secondary N) is 2. The van der Waals surface area contributed by atoms with Gasteiger partial charge in [0.15, 0.2) is 5.17 Å². The van der Waals surface area contributed by atoms with Crippen LogP contribution in [0.2, 0.25) is 0 Å². The van der Waals surface area contributed by atoms with Crippen LogP contribution in [0, 0.1) is 0 Å². The van der Waals surface area contributed by atoms with Crippen LogP contribution in [0.4, 0.5) is 5.69 Å². The van der Waals surface area contributed by atoms with E-state index in [1.165, 1.54) is 16.7 Å². The highest BCUT2D eigenvalue weighted by Crippen LogP contribution is 2.35. The molecular formula is C27H27N5O5S. The van der Waals surface area contributed by atoms with Crippen LogP contribution in [-0.4, -0.2) is 44.9 Å². The average Bonchev–Trinajstić information content (AvgIpc) is 3.70. The largest absolute Gasteiger partial charge is 0.467 e. The molecule has 3 amide bonds. The number of para-hydroxylation sites is 1. The number of rotatable bonds is 10. The highest BCUT2D eigenvalue weighted by atomic mass is 32.2. The number of aliphatic imine (C=N–C) groups is 2. The van der Waals surface area contributed by atoms with Gasteiger partial charge in [0.25, 0.3) is 5.91 Å². The number of nitrogens with zero attached hydrogens (tertiary/aromatic N) is 3. The Morgan fingerprint density at radius 2 is 1.74 bits per heavy atom. The molecule has 0 radical (unpaired) electrons. The standard InChI is InChI=1S/C27H27N5O5S/c1-2-22(25(34)29-16-18-8-6-14-37-18)38-27-31-20-10-4-3-9-19(20)24-30-21(26(35)32(24)27)11-12-23(33)28-15-17-7-5-13-36-17/h3-10,13-14,21-22H,2,11-12,15-16H2,1H3,(H,28,33)(H,29,34)/t21-,22-/m0/s1. The van der Waals surface area contributed by atoms with Crippen molar-refractivity contribution < 1.29 is 23.2 Å². The number of hydrogen-bond donors (Lipinski definition) is 2. The monoisotopic (exact) mass is 533 g/mol. The lowest BCUT2D eigenvalue weighted by atomic mass is 10.1. The van der Waals surface area contributed by atoms with Crippen molar-refractivity contribution in [1.82, 2.24) is 15.5 Å². The van der Waals surface area contributed by atoms with Crippen molar-refractivity contribution in [3.05, 3.63) is 78.1 Å². The minimum atomic E-state index is -0.718. The molecule has 196 valence electrons. The number of amides is 3. The third-order valence-corrected chi connectivity index (χ3v) is 7.48. The molecule has 0 saturated heterocycles. The first kappa shape index (κ1) is 25.5. The van der Waals surface area contributed by atoms with E-state index < -0.39 is 11.3 Å². The molecule has 1 aromatic carbocycles. The predicted octanol–water partition coefficient (Wildman–Crippen LogP) is 3.76. The highest BCUT2D eigenvalue weighted by Gasteiger charge is 2.42. The fourth-order valence-corrected chi connectivity index (χ4v) is 5.22. The van der Waals surface area contributed by atoms with Crippen LogP contribution in [0.25, 0.3) is 0 Å². The molecule has 2 N–H and O–H groups in total. The van der Waals surface area contributed by atoms with E-state index in [1.54, 1.807) is 36.8 Å². The zero-order valence-electron chi connectivity index (χ0n) is 20.8. The summed E-state index contributed by atoms with van der Waals surface area (Å²) in [6.45, 7) is 2.47. The molecule has 2 aliphatic rings. The van der Waals surface area contributed by atoms with E-state index in [-0.39, 0.29) is 43.7 Å². The first-order chi connectivity index (χ1) is 18.5. The summed E-state index contributed by atoms with van der Waals surface area (Å²) in [5, 5.41) is 5.60. The van der Waals surface area contributed by atoms with Crippen molar-refractivity contribution in [3.63, 3.8) is 0 Å². The summed E-state index contributed by atoms with van der Waals surface area (Å²) in [7, 11) is 0. The quantitative estimate of drug-likeness (QED) is 0.408. The molecule has 3 aromatic rings. The zero-order valence-corrected chi connectivity index (χ0v) is 21.6. The van der Waals surface area contributed by atoms with Gasteiger partial charge >= 0.3 is 0 Å². The van der Waals surface area contributed by atoms with Crippen LogP contribution in [-0.2, 0) is 27.5 Å². The fraction of sp³-hybridized carbons (Fsp3) is 0.296. The third kappa shape index (κ3) is 5.57. The Hall–Kier alpha value is -4.12. The van der Waals surface area contributed by atoms with E-state index in [0.29, 0.717) is 34.6 Å². The van der Waals surface area contributed by atoms with Gasteiger partial charge in [-0.25, -0.2) is 9.89 Å². The molecular weight excluding hydrogens is 506 g/mol. The van der Waals surface area contributed by atoms with Crippen molar-refractivity contribution in [1.29, 1.82) is 0 Å². The Morgan fingerprint density at radius 1 is 1.03 bits per heavy atom. The van der Waals surface area contributed by atoms with E-state index in [9.17, 15) is 14.4 Å². The number of thioether (sulfide) groups is 1. The van der Waals surface area contributed by atoms with Gasteiger partial charge < -0.3 is 19.5 Å². The molecule has 2 aliphatic heterocycles. The van der Waals surface area contributed by atoms with Crippen molar-refractivity contribution in [2.45, 2.75) is 50.6 Å². The van der Waals surface area contributed by atoms with E-state index in [1.807, 2.05) is 31.2 Å². The van der Waals surface area contributed by atoms with Gasteiger partial charge in [-0.3, -0.25) is 19.4 Å². The minimum absolute atomic E-state index is 0.135. The summed E-state index contributed by atoms with van der Waals surface area (Å²) in [5.41, 5.74) is 1.42. The Labute approximate surface area is 223 Å². The van der Waals surface area contributed by atoms with Gasteiger partial charge in [-0.1, -0.05) is 30.8 Å². The lowest BCUT2D eigenvalue weighted by molar-refractivity contribution is -0.125. The minimum Gasteiger partial charge on any atom is -0.467 e. The molecule has 0 saturated carbocycles. The Morgan fingerprint density at radius 3 is 2.42 bits per heavy atom. The van der Waals surface area contributed by atoms with E-state index in [2.05, 4.69) is 10.6 Å². The first-order valence-electron chi connectivity index (χ1n) is 12.4. The topological polar surface area (TPSA) is 130 Å². The molecule has 38 heavy (non-hydrogen) atoms. The second-order valence-electron chi connectivity index (χ2n) is 8.76. The predicted molar refractivity (Wildman–Crippen MR) is 143 cm³/mol. The SMILES string of the molecule is CC[C@H](SC1=Nc2ccccc2C2=N[C@@H](CCC(=O)NCc3ccco3)C(=O)N12)C(=O)NCc1ccco1. The van der Waals surface area contributed by atoms with Crippen LogP contribution >= 0.6 is 11.8 Å². The summed E-state index contributed by atoms with van der Waals surface area (Å²) in [6, 6.07) is 13.8. The van der Waals surface area contributed by atoms with Gasteiger partial charge in [0.1, 0.15) is 23.4 Å². The van der Waals surface area contributed by atoms with Crippen LogP contribution in [0.15, 0.2) is 79.9 Å². The van der Waals surface area contributed by atoms with Gasteiger partial charge in [0, 0.05) is 12.0 Å². The lowest BCUT2D eigenvalue weighted by Gasteiger charge is -2.27. The molecule has 2 aromatic heterocycles. The normalized spacial score (nSPS) is 16.8. The van der Waals surface area contributed by atoms with Gasteiger partial charge in [0.05, 0.1) is 36.6 Å². The zero-order chi connectivity index (χ0) is 26.5. The molecule has 0 bridgehead atoms. The number of benzene rings is 1. The Kier molecular flexibility index (Phi) is 7.73. The number of carbonyl (C=O) groups is 3. The Bertz CT molecular complexity index is 1370. The number of hydrogen-bond acceptors (Lipinski definition) is 8. The number of fused-ring (bicyclic) bond motifs is 3. The van der Waals surface area contributed by atoms with Crippen LogP contribution in [0.3, 0.4) is 0 Å². The summed E-state index contributed by atoms with van der Waals surface area (Å²) in [6.07, 6.45) is 4.02. The highest BCUT2D eigenvalue weighted by molar-refractivity contribution is 8.15. The third-order valence-electron chi connectivity index (χ3n) is 6.16. The maximum absolute atomic E-state index is 13.5.